The number of hydrogen-bond donors (Lipinski definition) is 1. The third-order valence-electron chi connectivity index (χ3n) is 5.03. The Kier molecular flexibility index (Phi) is 3.69. The van der Waals surface area contributed by atoms with Gasteiger partial charge in [0.2, 0.25) is 0 Å². The number of piperidine rings is 1. The van der Waals surface area contributed by atoms with Gasteiger partial charge < -0.3 is 10.1 Å². The molecule has 0 spiro atoms. The second kappa shape index (κ2) is 5.25. The lowest BCUT2D eigenvalue weighted by Gasteiger charge is -2.49. The molecule has 0 radical (unpaired) electrons. The van der Waals surface area contributed by atoms with Gasteiger partial charge in [0, 0.05) is 25.2 Å². The summed E-state index contributed by atoms with van der Waals surface area (Å²) in [6, 6.07) is 2.40. The number of ether oxygens (including phenoxy) is 1. The highest BCUT2D eigenvalue weighted by Gasteiger charge is 2.40. The standard InChI is InChI=1S/C14H26N2O/c1-17-12-9-11(10-12)16-8-3-2-6-14(16)13-5-4-7-15-13/h11-15H,2-10H2,1H3. The van der Waals surface area contributed by atoms with Gasteiger partial charge in [-0.3, -0.25) is 4.90 Å². The van der Waals surface area contributed by atoms with Crippen molar-refractivity contribution in [1.82, 2.24) is 10.2 Å². The molecule has 0 amide bonds. The third-order valence-corrected chi connectivity index (χ3v) is 5.03. The van der Waals surface area contributed by atoms with E-state index in [1.807, 2.05) is 7.11 Å². The Balaban J connectivity index is 1.60. The zero-order valence-electron chi connectivity index (χ0n) is 11.0. The highest BCUT2D eigenvalue weighted by atomic mass is 16.5. The van der Waals surface area contributed by atoms with Crippen molar-refractivity contribution in [2.24, 2.45) is 0 Å². The summed E-state index contributed by atoms with van der Waals surface area (Å²) in [5.41, 5.74) is 0. The molecule has 0 aromatic carbocycles. The van der Waals surface area contributed by atoms with E-state index in [1.165, 1.54) is 58.0 Å². The van der Waals surface area contributed by atoms with Crippen LogP contribution in [-0.4, -0.2) is 49.3 Å². The molecule has 1 N–H and O–H groups in total. The van der Waals surface area contributed by atoms with Crippen molar-refractivity contribution in [1.29, 1.82) is 0 Å². The van der Waals surface area contributed by atoms with Crippen LogP contribution in [0.3, 0.4) is 0 Å². The van der Waals surface area contributed by atoms with Crippen LogP contribution in [-0.2, 0) is 4.74 Å². The van der Waals surface area contributed by atoms with Crippen molar-refractivity contribution in [2.75, 3.05) is 20.2 Å². The summed E-state index contributed by atoms with van der Waals surface area (Å²) >= 11 is 0. The van der Waals surface area contributed by atoms with E-state index in [4.69, 9.17) is 4.74 Å². The summed E-state index contributed by atoms with van der Waals surface area (Å²) in [7, 11) is 1.85. The Morgan fingerprint density at radius 2 is 2.00 bits per heavy atom. The first-order chi connectivity index (χ1) is 8.38. The van der Waals surface area contributed by atoms with Gasteiger partial charge in [-0.1, -0.05) is 6.42 Å². The molecule has 1 aliphatic carbocycles. The van der Waals surface area contributed by atoms with Crippen molar-refractivity contribution in [3.05, 3.63) is 0 Å². The van der Waals surface area contributed by atoms with Crippen molar-refractivity contribution in [3.8, 4) is 0 Å². The minimum absolute atomic E-state index is 0.541. The van der Waals surface area contributed by atoms with Gasteiger partial charge in [0.15, 0.2) is 0 Å². The molecule has 2 atom stereocenters. The quantitative estimate of drug-likeness (QED) is 0.811. The Labute approximate surface area is 105 Å². The van der Waals surface area contributed by atoms with Gasteiger partial charge in [-0.25, -0.2) is 0 Å². The fourth-order valence-electron chi connectivity index (χ4n) is 3.91. The molecule has 3 rings (SSSR count). The fourth-order valence-corrected chi connectivity index (χ4v) is 3.91. The normalized spacial score (nSPS) is 43.6. The summed E-state index contributed by atoms with van der Waals surface area (Å²) in [6.07, 6.45) is 10.1. The average Bonchev–Trinajstić information content (AvgIpc) is 2.82. The molecule has 3 aliphatic rings. The second-order valence-electron chi connectivity index (χ2n) is 5.99. The highest BCUT2D eigenvalue weighted by molar-refractivity contribution is 4.97. The summed E-state index contributed by atoms with van der Waals surface area (Å²) in [5.74, 6) is 0. The maximum Gasteiger partial charge on any atom is 0.0601 e. The first-order valence-electron chi connectivity index (χ1n) is 7.40. The Bertz CT molecular complexity index is 247. The Hall–Kier alpha value is -0.120. The molecule has 2 unspecified atom stereocenters. The van der Waals surface area contributed by atoms with E-state index >= 15 is 0 Å². The van der Waals surface area contributed by atoms with Crippen LogP contribution < -0.4 is 5.32 Å². The van der Waals surface area contributed by atoms with Crippen LogP contribution in [0.2, 0.25) is 0 Å². The molecule has 1 saturated carbocycles. The van der Waals surface area contributed by atoms with Gasteiger partial charge in [0.05, 0.1) is 6.10 Å². The number of methoxy groups -OCH3 is 1. The first-order valence-corrected chi connectivity index (χ1v) is 7.40. The van der Waals surface area contributed by atoms with Crippen LogP contribution in [0, 0.1) is 0 Å². The monoisotopic (exact) mass is 238 g/mol. The van der Waals surface area contributed by atoms with Crippen molar-refractivity contribution in [3.63, 3.8) is 0 Å². The molecular formula is C14H26N2O. The predicted molar refractivity (Wildman–Crippen MR) is 69.2 cm³/mol. The molecule has 3 heteroatoms. The lowest BCUT2D eigenvalue weighted by atomic mass is 9.83. The molecule has 98 valence electrons. The van der Waals surface area contributed by atoms with E-state index in [0.717, 1.165) is 18.1 Å². The summed E-state index contributed by atoms with van der Waals surface area (Å²) in [5, 5.41) is 3.71. The van der Waals surface area contributed by atoms with E-state index in [-0.39, 0.29) is 0 Å². The van der Waals surface area contributed by atoms with Gasteiger partial charge in [0.1, 0.15) is 0 Å². The van der Waals surface area contributed by atoms with Gasteiger partial charge in [-0.15, -0.1) is 0 Å². The van der Waals surface area contributed by atoms with Gasteiger partial charge in [-0.2, -0.15) is 0 Å². The molecule has 0 aromatic heterocycles. The highest BCUT2D eigenvalue weighted by Crippen LogP contribution is 2.34. The minimum atomic E-state index is 0.541. The topological polar surface area (TPSA) is 24.5 Å². The van der Waals surface area contributed by atoms with Crippen molar-refractivity contribution < 1.29 is 4.74 Å². The lowest BCUT2D eigenvalue weighted by Crippen LogP contribution is -2.58. The van der Waals surface area contributed by atoms with Gasteiger partial charge in [-0.05, 0) is 51.6 Å². The Morgan fingerprint density at radius 3 is 2.71 bits per heavy atom. The zero-order chi connectivity index (χ0) is 11.7. The maximum absolute atomic E-state index is 5.43. The maximum atomic E-state index is 5.43. The smallest absolute Gasteiger partial charge is 0.0601 e. The Morgan fingerprint density at radius 1 is 1.12 bits per heavy atom. The third kappa shape index (κ3) is 2.38. The summed E-state index contributed by atoms with van der Waals surface area (Å²) < 4.78 is 5.43. The van der Waals surface area contributed by atoms with E-state index in [0.29, 0.717) is 6.10 Å². The molecule has 0 bridgehead atoms. The average molecular weight is 238 g/mol. The van der Waals surface area contributed by atoms with E-state index < -0.39 is 0 Å². The van der Waals surface area contributed by atoms with Crippen LogP contribution in [0.5, 0.6) is 0 Å². The number of hydrogen-bond acceptors (Lipinski definition) is 3. The van der Waals surface area contributed by atoms with E-state index in [9.17, 15) is 0 Å². The number of nitrogens with one attached hydrogen (secondary N) is 1. The molecule has 3 nitrogen and oxygen atoms in total. The fraction of sp³-hybridized carbons (Fsp3) is 1.00. The molecule has 2 heterocycles. The molecule has 2 saturated heterocycles. The summed E-state index contributed by atoms with van der Waals surface area (Å²) in [6.45, 7) is 2.56. The van der Waals surface area contributed by atoms with Gasteiger partial charge in [0.25, 0.3) is 0 Å². The van der Waals surface area contributed by atoms with Crippen LogP contribution in [0.15, 0.2) is 0 Å². The lowest BCUT2D eigenvalue weighted by molar-refractivity contribution is -0.0543. The zero-order valence-corrected chi connectivity index (χ0v) is 11.0. The van der Waals surface area contributed by atoms with Gasteiger partial charge >= 0.3 is 0 Å². The van der Waals surface area contributed by atoms with Crippen LogP contribution >= 0.6 is 0 Å². The SMILES string of the molecule is COC1CC(N2CCCCC2C2CCCN2)C1. The molecule has 3 fully saturated rings. The largest absolute Gasteiger partial charge is 0.381 e. The van der Waals surface area contributed by atoms with Crippen LogP contribution in [0.1, 0.15) is 44.9 Å². The number of rotatable bonds is 3. The van der Waals surface area contributed by atoms with E-state index in [1.54, 1.807) is 0 Å². The van der Waals surface area contributed by atoms with Crippen molar-refractivity contribution >= 4 is 0 Å². The van der Waals surface area contributed by atoms with E-state index in [2.05, 4.69) is 10.2 Å². The predicted octanol–water partition coefficient (Wildman–Crippen LogP) is 1.77. The minimum Gasteiger partial charge on any atom is -0.381 e. The molecule has 17 heavy (non-hydrogen) atoms. The number of likely N-dealkylation sites (tertiary alicyclic amines) is 1. The molecule has 2 aliphatic heterocycles. The molecule has 0 aromatic rings. The van der Waals surface area contributed by atoms with Crippen molar-refractivity contribution in [2.45, 2.75) is 69.2 Å². The molecular weight excluding hydrogens is 212 g/mol. The number of nitrogens with zero attached hydrogens (tertiary/aromatic N) is 1. The van der Waals surface area contributed by atoms with Crippen LogP contribution in [0.4, 0.5) is 0 Å². The first kappa shape index (κ1) is 11.9. The summed E-state index contributed by atoms with van der Waals surface area (Å²) in [4.78, 5) is 2.81. The second-order valence-corrected chi connectivity index (χ2v) is 5.99. The van der Waals surface area contributed by atoms with Crippen LogP contribution in [0.25, 0.3) is 0 Å².